The van der Waals surface area contributed by atoms with Crippen LogP contribution in [0.25, 0.3) is 22.4 Å². The summed E-state index contributed by atoms with van der Waals surface area (Å²) in [5, 5.41) is 17.1. The molecule has 0 saturated carbocycles. The molecule has 0 spiro atoms. The number of hydrogen-bond donors (Lipinski definition) is 0. The minimum atomic E-state index is -4.57. The molecule has 0 N–H and O–H groups in total. The summed E-state index contributed by atoms with van der Waals surface area (Å²) in [6.45, 7) is 11.1. The van der Waals surface area contributed by atoms with Gasteiger partial charge < -0.3 is 4.57 Å². The second-order valence-electron chi connectivity index (χ2n) is 11.7. The molecule has 12 heteroatoms. The lowest BCUT2D eigenvalue weighted by molar-refractivity contribution is -0.148. The van der Waals surface area contributed by atoms with Gasteiger partial charge in [0, 0.05) is 38.3 Å². The highest BCUT2D eigenvalue weighted by Gasteiger charge is 2.43. The first-order valence-corrected chi connectivity index (χ1v) is 13.1. The van der Waals surface area contributed by atoms with E-state index >= 15 is 0 Å². The third kappa shape index (κ3) is 4.79. The normalized spacial score (nSPS) is 18.2. The van der Waals surface area contributed by atoms with Crippen LogP contribution < -0.4 is 5.69 Å². The van der Waals surface area contributed by atoms with Crippen molar-refractivity contribution in [2.45, 2.75) is 66.0 Å². The third-order valence-electron chi connectivity index (χ3n) is 7.32. The Morgan fingerprint density at radius 2 is 1.82 bits per heavy atom. The summed E-state index contributed by atoms with van der Waals surface area (Å²) in [5.74, 6) is -0.706. The van der Waals surface area contributed by atoms with Crippen LogP contribution in [-0.4, -0.2) is 40.3 Å². The minimum absolute atomic E-state index is 0.107. The molecule has 0 aliphatic carbocycles. The Labute approximate surface area is 229 Å². The van der Waals surface area contributed by atoms with Crippen LogP contribution in [0.5, 0.6) is 0 Å². The van der Waals surface area contributed by atoms with Gasteiger partial charge in [-0.2, -0.15) is 18.4 Å². The monoisotopic (exact) mass is 552 g/mol. The SMILES string of the molecule is CC1c2nnc(C(F)(F)F)n2C(C)CN1Cc1ccc(C#N)c(-c2ccc3c(n2)n(C)c(=O)n3CC(C)(C)C)c1. The van der Waals surface area contributed by atoms with E-state index in [0.29, 0.717) is 42.1 Å². The molecule has 0 bridgehead atoms. The molecule has 5 rings (SSSR count). The van der Waals surface area contributed by atoms with E-state index in [-0.39, 0.29) is 16.9 Å². The maximum absolute atomic E-state index is 13.5. The number of benzene rings is 1. The zero-order valence-electron chi connectivity index (χ0n) is 23.3. The molecular formula is C28H31F3N8O. The number of aromatic nitrogens is 6. The Bertz CT molecular complexity index is 1700. The molecule has 0 amide bonds. The number of pyridine rings is 1. The van der Waals surface area contributed by atoms with E-state index in [1.54, 1.807) is 24.6 Å². The van der Waals surface area contributed by atoms with Gasteiger partial charge in [0.1, 0.15) is 0 Å². The van der Waals surface area contributed by atoms with Crippen molar-refractivity contribution in [2.24, 2.45) is 12.5 Å². The van der Waals surface area contributed by atoms with E-state index in [0.717, 1.165) is 11.1 Å². The molecule has 4 heterocycles. The number of hydrogen-bond acceptors (Lipinski definition) is 6. The molecule has 1 aliphatic rings. The molecule has 0 fully saturated rings. The van der Waals surface area contributed by atoms with Crippen molar-refractivity contribution in [3.63, 3.8) is 0 Å². The second-order valence-corrected chi connectivity index (χ2v) is 11.7. The van der Waals surface area contributed by atoms with Crippen LogP contribution in [0.2, 0.25) is 0 Å². The lowest BCUT2D eigenvalue weighted by Crippen LogP contribution is -2.40. The Morgan fingerprint density at radius 1 is 1.10 bits per heavy atom. The van der Waals surface area contributed by atoms with Crippen LogP contribution in [0, 0.1) is 16.7 Å². The van der Waals surface area contributed by atoms with Crippen LogP contribution in [0.15, 0.2) is 35.1 Å². The number of aryl methyl sites for hydroxylation is 1. The summed E-state index contributed by atoms with van der Waals surface area (Å²) in [6, 6.07) is 10.5. The van der Waals surface area contributed by atoms with Gasteiger partial charge in [-0.05, 0) is 49.1 Å². The molecule has 0 radical (unpaired) electrons. The number of halogens is 3. The van der Waals surface area contributed by atoms with Gasteiger partial charge in [0.05, 0.1) is 28.9 Å². The highest BCUT2D eigenvalue weighted by Crippen LogP contribution is 2.37. The predicted molar refractivity (Wildman–Crippen MR) is 143 cm³/mol. The van der Waals surface area contributed by atoms with Gasteiger partial charge in [0.15, 0.2) is 11.5 Å². The van der Waals surface area contributed by atoms with Crippen LogP contribution >= 0.6 is 0 Å². The Morgan fingerprint density at radius 3 is 2.48 bits per heavy atom. The summed E-state index contributed by atoms with van der Waals surface area (Å²) in [5.41, 5.74) is 3.48. The van der Waals surface area contributed by atoms with Crippen molar-refractivity contribution in [3.05, 3.63) is 63.6 Å². The number of alkyl halides is 3. The summed E-state index contributed by atoms with van der Waals surface area (Å²) in [7, 11) is 1.68. The summed E-state index contributed by atoms with van der Waals surface area (Å²) < 4.78 is 44.8. The number of rotatable bonds is 4. The van der Waals surface area contributed by atoms with Gasteiger partial charge in [-0.3, -0.25) is 14.0 Å². The quantitative estimate of drug-likeness (QED) is 0.351. The number of nitriles is 1. The standard InChI is InChI=1S/C28H31F3N8O/c1-16-13-37(17(2)23-34-35-25(39(16)23)28(29,30)31)14-18-7-8-19(12-32)20(11-18)21-9-10-22-24(33-21)36(6)26(40)38(22)15-27(3,4)5/h7-11,16-17H,13-15H2,1-6H3. The molecule has 4 aromatic rings. The second kappa shape index (κ2) is 9.59. The molecule has 3 aromatic heterocycles. The summed E-state index contributed by atoms with van der Waals surface area (Å²) in [6.07, 6.45) is -4.57. The summed E-state index contributed by atoms with van der Waals surface area (Å²) >= 11 is 0. The number of imidazole rings is 1. The zero-order valence-corrected chi connectivity index (χ0v) is 23.3. The van der Waals surface area contributed by atoms with Crippen molar-refractivity contribution >= 4 is 11.2 Å². The molecule has 2 atom stereocenters. The zero-order chi connectivity index (χ0) is 29.1. The maximum atomic E-state index is 13.5. The highest BCUT2D eigenvalue weighted by atomic mass is 19.4. The number of nitrogens with zero attached hydrogens (tertiary/aromatic N) is 8. The fraction of sp³-hybridized carbons (Fsp3) is 0.464. The van der Waals surface area contributed by atoms with E-state index in [2.05, 4.69) is 37.0 Å². The lowest BCUT2D eigenvalue weighted by atomic mass is 9.97. The number of fused-ring (bicyclic) bond motifs is 2. The average molecular weight is 553 g/mol. The van der Waals surface area contributed by atoms with E-state index in [1.165, 1.54) is 9.13 Å². The topological polar surface area (TPSA) is 97.6 Å². The van der Waals surface area contributed by atoms with Crippen LogP contribution in [0.3, 0.4) is 0 Å². The van der Waals surface area contributed by atoms with Gasteiger partial charge >= 0.3 is 11.9 Å². The van der Waals surface area contributed by atoms with E-state index in [4.69, 9.17) is 4.98 Å². The lowest BCUT2D eigenvalue weighted by Gasteiger charge is -2.37. The van der Waals surface area contributed by atoms with Crippen molar-refractivity contribution < 1.29 is 13.2 Å². The van der Waals surface area contributed by atoms with Crippen LogP contribution in [-0.2, 0) is 26.3 Å². The Kier molecular flexibility index (Phi) is 6.61. The Hall–Kier alpha value is -3.98. The smallest absolute Gasteiger partial charge is 0.302 e. The first kappa shape index (κ1) is 27.6. The molecule has 9 nitrogen and oxygen atoms in total. The van der Waals surface area contributed by atoms with Gasteiger partial charge in [-0.25, -0.2) is 9.78 Å². The minimum Gasteiger partial charge on any atom is -0.302 e. The fourth-order valence-corrected chi connectivity index (χ4v) is 5.44. The van der Waals surface area contributed by atoms with Gasteiger partial charge in [0.2, 0.25) is 5.82 Å². The van der Waals surface area contributed by atoms with Gasteiger partial charge in [0.25, 0.3) is 0 Å². The van der Waals surface area contributed by atoms with E-state index < -0.39 is 24.1 Å². The molecule has 0 saturated heterocycles. The molecular weight excluding hydrogens is 521 g/mol. The molecule has 1 aliphatic heterocycles. The van der Waals surface area contributed by atoms with Crippen LogP contribution in [0.1, 0.15) is 69.5 Å². The van der Waals surface area contributed by atoms with Crippen molar-refractivity contribution in [2.75, 3.05) is 6.54 Å². The van der Waals surface area contributed by atoms with Crippen molar-refractivity contribution in [1.82, 2.24) is 33.8 Å². The third-order valence-corrected chi connectivity index (χ3v) is 7.32. The fourth-order valence-electron chi connectivity index (χ4n) is 5.44. The average Bonchev–Trinajstić information content (AvgIpc) is 3.43. The van der Waals surface area contributed by atoms with Crippen LogP contribution in [0.4, 0.5) is 13.2 Å². The predicted octanol–water partition coefficient (Wildman–Crippen LogP) is 5.07. The molecule has 210 valence electrons. The summed E-state index contributed by atoms with van der Waals surface area (Å²) in [4.78, 5) is 19.8. The van der Waals surface area contributed by atoms with Gasteiger partial charge in [-0.15, -0.1) is 10.2 Å². The molecule has 40 heavy (non-hydrogen) atoms. The van der Waals surface area contributed by atoms with Gasteiger partial charge in [-0.1, -0.05) is 26.8 Å². The van der Waals surface area contributed by atoms with Crippen molar-refractivity contribution in [1.29, 1.82) is 5.26 Å². The first-order valence-electron chi connectivity index (χ1n) is 13.1. The molecule has 2 unspecified atom stereocenters. The van der Waals surface area contributed by atoms with Crippen molar-refractivity contribution in [3.8, 4) is 17.3 Å². The van der Waals surface area contributed by atoms with E-state index in [9.17, 15) is 23.2 Å². The Balaban J connectivity index is 1.50. The first-order chi connectivity index (χ1) is 18.7. The highest BCUT2D eigenvalue weighted by molar-refractivity contribution is 5.78. The maximum Gasteiger partial charge on any atom is 0.451 e. The largest absolute Gasteiger partial charge is 0.451 e. The molecule has 1 aromatic carbocycles. The van der Waals surface area contributed by atoms with E-state index in [1.807, 2.05) is 36.1 Å².